The number of aromatic nitrogens is 1. The zero-order chi connectivity index (χ0) is 13.3. The van der Waals surface area contributed by atoms with Crippen LogP contribution in [-0.4, -0.2) is 10.5 Å². The molecule has 2 aromatic rings. The SMILES string of the molecule is Cc1ccc(Br)cc1NC(=O)c1ccc(C)n1C. The topological polar surface area (TPSA) is 34.0 Å². The Morgan fingerprint density at radius 3 is 2.56 bits per heavy atom. The van der Waals surface area contributed by atoms with E-state index >= 15 is 0 Å². The third kappa shape index (κ3) is 2.48. The summed E-state index contributed by atoms with van der Waals surface area (Å²) in [5.41, 5.74) is 3.59. The summed E-state index contributed by atoms with van der Waals surface area (Å²) in [5, 5.41) is 2.93. The van der Waals surface area contributed by atoms with Gasteiger partial charge >= 0.3 is 0 Å². The Morgan fingerprint density at radius 1 is 1.22 bits per heavy atom. The van der Waals surface area contributed by atoms with E-state index < -0.39 is 0 Å². The number of nitrogens with zero attached hydrogens (tertiary/aromatic N) is 1. The molecule has 2 rings (SSSR count). The molecule has 0 saturated carbocycles. The van der Waals surface area contributed by atoms with Crippen LogP contribution >= 0.6 is 15.9 Å². The average Bonchev–Trinajstić information content (AvgIpc) is 2.65. The Labute approximate surface area is 115 Å². The first kappa shape index (κ1) is 12.9. The Hall–Kier alpha value is -1.55. The first-order valence-electron chi connectivity index (χ1n) is 5.69. The lowest BCUT2D eigenvalue weighted by Crippen LogP contribution is -2.16. The molecule has 0 aliphatic carbocycles. The van der Waals surface area contributed by atoms with Crippen molar-refractivity contribution in [3.05, 3.63) is 51.8 Å². The van der Waals surface area contributed by atoms with E-state index in [4.69, 9.17) is 0 Å². The largest absolute Gasteiger partial charge is 0.344 e. The average molecular weight is 307 g/mol. The Balaban J connectivity index is 2.27. The van der Waals surface area contributed by atoms with Crippen molar-refractivity contribution in [2.45, 2.75) is 13.8 Å². The maximum absolute atomic E-state index is 12.2. The lowest BCUT2D eigenvalue weighted by molar-refractivity contribution is 0.101. The van der Waals surface area contributed by atoms with Gasteiger partial charge in [0.1, 0.15) is 5.69 Å². The molecule has 1 aromatic heterocycles. The van der Waals surface area contributed by atoms with Crippen molar-refractivity contribution in [2.75, 3.05) is 5.32 Å². The van der Waals surface area contributed by atoms with Gasteiger partial charge < -0.3 is 9.88 Å². The minimum Gasteiger partial charge on any atom is -0.344 e. The maximum Gasteiger partial charge on any atom is 0.272 e. The second kappa shape index (κ2) is 4.98. The number of aryl methyl sites for hydroxylation is 2. The number of carbonyl (C=O) groups excluding carboxylic acids is 1. The summed E-state index contributed by atoms with van der Waals surface area (Å²) in [5.74, 6) is -0.0909. The summed E-state index contributed by atoms with van der Waals surface area (Å²) in [7, 11) is 1.89. The van der Waals surface area contributed by atoms with E-state index in [0.29, 0.717) is 5.69 Å². The third-order valence-corrected chi connectivity index (χ3v) is 3.55. The van der Waals surface area contributed by atoms with Crippen LogP contribution in [-0.2, 0) is 7.05 Å². The highest BCUT2D eigenvalue weighted by Crippen LogP contribution is 2.21. The molecule has 18 heavy (non-hydrogen) atoms. The molecule has 1 heterocycles. The predicted molar refractivity (Wildman–Crippen MR) is 77.0 cm³/mol. The first-order valence-corrected chi connectivity index (χ1v) is 6.48. The summed E-state index contributed by atoms with van der Waals surface area (Å²) in [6.45, 7) is 3.94. The van der Waals surface area contributed by atoms with Gasteiger partial charge in [0.15, 0.2) is 0 Å². The maximum atomic E-state index is 12.2. The van der Waals surface area contributed by atoms with E-state index in [1.807, 2.05) is 55.8 Å². The van der Waals surface area contributed by atoms with Gasteiger partial charge in [-0.2, -0.15) is 0 Å². The van der Waals surface area contributed by atoms with Gasteiger partial charge in [-0.15, -0.1) is 0 Å². The highest BCUT2D eigenvalue weighted by Gasteiger charge is 2.12. The zero-order valence-corrected chi connectivity index (χ0v) is 12.2. The minimum atomic E-state index is -0.0909. The fraction of sp³-hybridized carbons (Fsp3) is 0.214. The van der Waals surface area contributed by atoms with Gasteiger partial charge in [-0.25, -0.2) is 0 Å². The van der Waals surface area contributed by atoms with Crippen LogP contribution in [0.25, 0.3) is 0 Å². The Kier molecular flexibility index (Phi) is 3.57. The van der Waals surface area contributed by atoms with E-state index in [9.17, 15) is 4.79 Å². The molecule has 0 unspecified atom stereocenters. The van der Waals surface area contributed by atoms with Crippen molar-refractivity contribution in [2.24, 2.45) is 7.05 Å². The van der Waals surface area contributed by atoms with Gasteiger partial charge in [-0.3, -0.25) is 4.79 Å². The Bertz CT molecular complexity index is 602. The van der Waals surface area contributed by atoms with E-state index in [1.165, 1.54) is 0 Å². The molecule has 1 N–H and O–H groups in total. The number of carbonyl (C=O) groups is 1. The van der Waals surface area contributed by atoms with Crippen molar-refractivity contribution in [3.8, 4) is 0 Å². The van der Waals surface area contributed by atoms with Crippen molar-refractivity contribution >= 4 is 27.5 Å². The van der Waals surface area contributed by atoms with Crippen LogP contribution in [0.1, 0.15) is 21.7 Å². The van der Waals surface area contributed by atoms with Crippen LogP contribution in [0.3, 0.4) is 0 Å². The number of hydrogen-bond donors (Lipinski definition) is 1. The van der Waals surface area contributed by atoms with E-state index in [-0.39, 0.29) is 5.91 Å². The number of hydrogen-bond acceptors (Lipinski definition) is 1. The van der Waals surface area contributed by atoms with Crippen molar-refractivity contribution in [1.29, 1.82) is 0 Å². The molecular weight excluding hydrogens is 292 g/mol. The molecule has 3 nitrogen and oxygen atoms in total. The molecule has 4 heteroatoms. The van der Waals surface area contributed by atoms with Crippen molar-refractivity contribution < 1.29 is 4.79 Å². The van der Waals surface area contributed by atoms with Crippen LogP contribution in [0.4, 0.5) is 5.69 Å². The molecule has 1 aromatic carbocycles. The number of nitrogens with one attached hydrogen (secondary N) is 1. The van der Waals surface area contributed by atoms with Gasteiger partial charge in [0, 0.05) is 22.9 Å². The third-order valence-electron chi connectivity index (χ3n) is 3.05. The summed E-state index contributed by atoms with van der Waals surface area (Å²) in [6, 6.07) is 9.59. The van der Waals surface area contributed by atoms with Crippen molar-refractivity contribution in [3.63, 3.8) is 0 Å². The van der Waals surface area contributed by atoms with Crippen LogP contribution in [0, 0.1) is 13.8 Å². The Morgan fingerprint density at radius 2 is 1.94 bits per heavy atom. The summed E-state index contributed by atoms with van der Waals surface area (Å²) in [6.07, 6.45) is 0. The second-order valence-corrected chi connectivity index (χ2v) is 5.25. The number of halogens is 1. The molecule has 0 aliphatic rings. The van der Waals surface area contributed by atoms with Crippen LogP contribution < -0.4 is 5.32 Å². The van der Waals surface area contributed by atoms with E-state index in [1.54, 1.807) is 0 Å². The lowest BCUT2D eigenvalue weighted by Gasteiger charge is -2.10. The standard InChI is InChI=1S/C14H15BrN2O/c1-9-4-6-11(15)8-12(9)16-14(18)13-7-5-10(2)17(13)3/h4-8H,1-3H3,(H,16,18). The van der Waals surface area contributed by atoms with Gasteiger partial charge in [0.25, 0.3) is 5.91 Å². The monoisotopic (exact) mass is 306 g/mol. The molecule has 94 valence electrons. The second-order valence-electron chi connectivity index (χ2n) is 4.33. The summed E-state index contributed by atoms with van der Waals surface area (Å²) in [4.78, 5) is 12.2. The molecule has 0 saturated heterocycles. The molecular formula is C14H15BrN2O. The molecule has 0 atom stereocenters. The normalized spacial score (nSPS) is 10.4. The van der Waals surface area contributed by atoms with Gasteiger partial charge in [0.2, 0.25) is 0 Å². The number of rotatable bonds is 2. The van der Waals surface area contributed by atoms with Crippen LogP contribution in [0.5, 0.6) is 0 Å². The van der Waals surface area contributed by atoms with Gasteiger partial charge in [-0.1, -0.05) is 22.0 Å². The van der Waals surface area contributed by atoms with E-state index in [0.717, 1.165) is 21.4 Å². The van der Waals surface area contributed by atoms with Gasteiger partial charge in [0.05, 0.1) is 0 Å². The number of benzene rings is 1. The highest BCUT2D eigenvalue weighted by atomic mass is 79.9. The number of amides is 1. The molecule has 0 radical (unpaired) electrons. The lowest BCUT2D eigenvalue weighted by atomic mass is 10.2. The highest BCUT2D eigenvalue weighted by molar-refractivity contribution is 9.10. The molecule has 0 spiro atoms. The smallest absolute Gasteiger partial charge is 0.272 e. The van der Waals surface area contributed by atoms with Gasteiger partial charge in [-0.05, 0) is 43.7 Å². The quantitative estimate of drug-likeness (QED) is 0.902. The molecule has 1 amide bonds. The van der Waals surface area contributed by atoms with E-state index in [2.05, 4.69) is 21.2 Å². The summed E-state index contributed by atoms with van der Waals surface area (Å²) >= 11 is 3.40. The van der Waals surface area contributed by atoms with Crippen LogP contribution in [0.2, 0.25) is 0 Å². The van der Waals surface area contributed by atoms with Crippen LogP contribution in [0.15, 0.2) is 34.8 Å². The fourth-order valence-electron chi connectivity index (χ4n) is 1.76. The fourth-order valence-corrected chi connectivity index (χ4v) is 2.12. The molecule has 0 aliphatic heterocycles. The number of anilines is 1. The molecule has 0 fully saturated rings. The summed E-state index contributed by atoms with van der Waals surface area (Å²) < 4.78 is 2.83. The molecule has 0 bridgehead atoms. The van der Waals surface area contributed by atoms with Crippen molar-refractivity contribution in [1.82, 2.24) is 4.57 Å². The first-order chi connectivity index (χ1) is 8.49. The zero-order valence-electron chi connectivity index (χ0n) is 10.6. The predicted octanol–water partition coefficient (Wildman–Crippen LogP) is 3.66. The minimum absolute atomic E-state index is 0.0909.